The number of carbonyl (C=O) groups excluding carboxylic acids is 2. The zero-order valence-electron chi connectivity index (χ0n) is 16.8. The van der Waals surface area contributed by atoms with E-state index in [0.29, 0.717) is 32.9 Å². The molecule has 154 valence electrons. The summed E-state index contributed by atoms with van der Waals surface area (Å²) < 4.78 is 5.32. The molecule has 0 spiro atoms. The summed E-state index contributed by atoms with van der Waals surface area (Å²) >= 11 is 5.98. The molecule has 0 bridgehead atoms. The van der Waals surface area contributed by atoms with Crippen molar-refractivity contribution in [2.45, 2.75) is 6.92 Å². The van der Waals surface area contributed by atoms with E-state index in [1.54, 1.807) is 30.3 Å². The first-order valence-corrected chi connectivity index (χ1v) is 10.1. The van der Waals surface area contributed by atoms with Crippen LogP contribution in [0.2, 0.25) is 5.02 Å². The molecule has 1 heterocycles. The minimum atomic E-state index is -0.589. The van der Waals surface area contributed by atoms with Gasteiger partial charge in [0.05, 0.1) is 16.8 Å². The SMILES string of the molecule is Cc1ccccc1NC(=O)COC(=O)c1cc(-c2ccc(Cl)cc2)nc2ccccc12. The Morgan fingerprint density at radius 3 is 2.45 bits per heavy atom. The number of aromatic nitrogens is 1. The van der Waals surface area contributed by atoms with Gasteiger partial charge in [0.15, 0.2) is 6.61 Å². The summed E-state index contributed by atoms with van der Waals surface area (Å²) in [5.74, 6) is -0.993. The number of ether oxygens (including phenoxy) is 1. The molecule has 5 nitrogen and oxygen atoms in total. The molecule has 0 aliphatic carbocycles. The van der Waals surface area contributed by atoms with Crippen molar-refractivity contribution < 1.29 is 14.3 Å². The van der Waals surface area contributed by atoms with Crippen LogP contribution in [0.1, 0.15) is 15.9 Å². The number of amides is 1. The summed E-state index contributed by atoms with van der Waals surface area (Å²) in [5.41, 5.74) is 4.05. The van der Waals surface area contributed by atoms with Gasteiger partial charge < -0.3 is 10.1 Å². The molecule has 4 rings (SSSR count). The van der Waals surface area contributed by atoms with Gasteiger partial charge in [0.1, 0.15) is 0 Å². The summed E-state index contributed by atoms with van der Waals surface area (Å²) in [7, 11) is 0. The van der Waals surface area contributed by atoms with Crippen LogP contribution < -0.4 is 5.32 Å². The van der Waals surface area contributed by atoms with Gasteiger partial charge in [-0.3, -0.25) is 4.79 Å². The van der Waals surface area contributed by atoms with Crippen LogP contribution in [0.15, 0.2) is 78.9 Å². The maximum absolute atomic E-state index is 12.9. The summed E-state index contributed by atoms with van der Waals surface area (Å²) in [6.07, 6.45) is 0. The Labute approximate surface area is 184 Å². The summed E-state index contributed by atoms with van der Waals surface area (Å²) in [4.78, 5) is 29.8. The number of hydrogen-bond donors (Lipinski definition) is 1. The van der Waals surface area contributed by atoms with Crippen LogP contribution in [-0.4, -0.2) is 23.5 Å². The number of anilines is 1. The molecule has 3 aromatic carbocycles. The standard InChI is InChI=1S/C25H19ClN2O3/c1-16-6-2-4-8-21(16)28-24(29)15-31-25(30)20-14-23(17-10-12-18(26)13-11-17)27-22-9-5-3-7-19(20)22/h2-14H,15H2,1H3,(H,28,29). The number of fused-ring (bicyclic) bond motifs is 1. The fourth-order valence-corrected chi connectivity index (χ4v) is 3.35. The molecule has 0 aliphatic heterocycles. The van der Waals surface area contributed by atoms with Gasteiger partial charge in [-0.2, -0.15) is 0 Å². The Morgan fingerprint density at radius 1 is 0.968 bits per heavy atom. The molecule has 31 heavy (non-hydrogen) atoms. The normalized spacial score (nSPS) is 10.6. The van der Waals surface area contributed by atoms with Crippen molar-refractivity contribution in [3.8, 4) is 11.3 Å². The van der Waals surface area contributed by atoms with E-state index >= 15 is 0 Å². The topological polar surface area (TPSA) is 68.3 Å². The Bertz CT molecular complexity index is 1270. The predicted octanol–water partition coefficient (Wildman–Crippen LogP) is 5.66. The van der Waals surface area contributed by atoms with Gasteiger partial charge in [0.25, 0.3) is 5.91 Å². The number of nitrogens with one attached hydrogen (secondary N) is 1. The van der Waals surface area contributed by atoms with Crippen LogP contribution in [0.25, 0.3) is 22.2 Å². The number of para-hydroxylation sites is 2. The lowest BCUT2D eigenvalue weighted by Crippen LogP contribution is -2.21. The van der Waals surface area contributed by atoms with Crippen LogP contribution in [-0.2, 0) is 9.53 Å². The van der Waals surface area contributed by atoms with Crippen molar-refractivity contribution in [3.05, 3.63) is 95.0 Å². The van der Waals surface area contributed by atoms with Crippen LogP contribution in [0.5, 0.6) is 0 Å². The minimum absolute atomic E-state index is 0.347. The van der Waals surface area contributed by atoms with E-state index in [1.165, 1.54) is 0 Å². The lowest BCUT2D eigenvalue weighted by Gasteiger charge is -2.11. The minimum Gasteiger partial charge on any atom is -0.452 e. The average molecular weight is 431 g/mol. The molecular formula is C25H19ClN2O3. The van der Waals surface area contributed by atoms with E-state index in [-0.39, 0.29) is 6.61 Å². The third-order valence-corrected chi connectivity index (χ3v) is 5.08. The van der Waals surface area contributed by atoms with E-state index in [9.17, 15) is 9.59 Å². The second kappa shape index (κ2) is 8.98. The monoisotopic (exact) mass is 430 g/mol. The highest BCUT2D eigenvalue weighted by Crippen LogP contribution is 2.26. The highest BCUT2D eigenvalue weighted by Gasteiger charge is 2.17. The fraction of sp³-hybridized carbons (Fsp3) is 0.0800. The molecule has 6 heteroatoms. The molecule has 0 aliphatic rings. The summed E-state index contributed by atoms with van der Waals surface area (Å²) in [6.45, 7) is 1.50. The zero-order valence-corrected chi connectivity index (χ0v) is 17.5. The number of hydrogen-bond acceptors (Lipinski definition) is 4. The Kier molecular flexibility index (Phi) is 5.96. The van der Waals surface area contributed by atoms with E-state index in [2.05, 4.69) is 10.3 Å². The molecule has 0 saturated heterocycles. The maximum atomic E-state index is 12.9. The number of pyridine rings is 1. The van der Waals surface area contributed by atoms with Crippen molar-refractivity contribution in [1.29, 1.82) is 0 Å². The second-order valence-corrected chi connectivity index (χ2v) is 7.45. The predicted molar refractivity (Wildman–Crippen MR) is 122 cm³/mol. The van der Waals surface area contributed by atoms with Crippen LogP contribution in [0.3, 0.4) is 0 Å². The largest absolute Gasteiger partial charge is 0.452 e. The molecule has 4 aromatic rings. The number of carbonyl (C=O) groups is 2. The van der Waals surface area contributed by atoms with Gasteiger partial charge in [0, 0.05) is 21.7 Å². The Morgan fingerprint density at radius 2 is 1.68 bits per heavy atom. The Balaban J connectivity index is 1.57. The van der Waals surface area contributed by atoms with Crippen LogP contribution >= 0.6 is 11.6 Å². The molecule has 0 unspecified atom stereocenters. The molecule has 1 aromatic heterocycles. The van der Waals surface area contributed by atoms with Gasteiger partial charge >= 0.3 is 5.97 Å². The van der Waals surface area contributed by atoms with E-state index < -0.39 is 11.9 Å². The first-order valence-electron chi connectivity index (χ1n) is 9.69. The number of nitrogens with zero attached hydrogens (tertiary/aromatic N) is 1. The molecule has 1 amide bonds. The molecule has 0 fully saturated rings. The van der Waals surface area contributed by atoms with Crippen LogP contribution in [0, 0.1) is 6.92 Å². The number of aryl methyl sites for hydroxylation is 1. The Hall–Kier alpha value is -3.70. The number of benzene rings is 3. The maximum Gasteiger partial charge on any atom is 0.339 e. The highest BCUT2D eigenvalue weighted by molar-refractivity contribution is 6.30. The van der Waals surface area contributed by atoms with Crippen molar-refractivity contribution in [2.75, 3.05) is 11.9 Å². The third kappa shape index (κ3) is 4.73. The number of halogens is 1. The van der Waals surface area contributed by atoms with E-state index in [4.69, 9.17) is 16.3 Å². The fourth-order valence-electron chi connectivity index (χ4n) is 3.22. The van der Waals surface area contributed by atoms with Crippen molar-refractivity contribution in [3.63, 3.8) is 0 Å². The lowest BCUT2D eigenvalue weighted by atomic mass is 10.0. The molecular weight excluding hydrogens is 412 g/mol. The first-order chi connectivity index (χ1) is 15.0. The number of esters is 1. The van der Waals surface area contributed by atoms with Gasteiger partial charge in [-0.15, -0.1) is 0 Å². The van der Waals surface area contributed by atoms with Crippen molar-refractivity contribution in [2.24, 2.45) is 0 Å². The van der Waals surface area contributed by atoms with Gasteiger partial charge in [-0.05, 0) is 42.8 Å². The smallest absolute Gasteiger partial charge is 0.339 e. The van der Waals surface area contributed by atoms with Gasteiger partial charge in [0.2, 0.25) is 0 Å². The first kappa shape index (κ1) is 20.6. The average Bonchev–Trinajstić information content (AvgIpc) is 2.79. The summed E-state index contributed by atoms with van der Waals surface area (Å²) in [5, 5.41) is 4.03. The van der Waals surface area contributed by atoms with Crippen LogP contribution in [0.4, 0.5) is 5.69 Å². The number of rotatable bonds is 5. The van der Waals surface area contributed by atoms with Crippen molar-refractivity contribution >= 4 is 40.1 Å². The quantitative estimate of drug-likeness (QED) is 0.415. The molecule has 0 saturated carbocycles. The summed E-state index contributed by atoms with van der Waals surface area (Å²) in [6, 6.07) is 23.6. The van der Waals surface area contributed by atoms with E-state index in [0.717, 1.165) is 11.1 Å². The zero-order chi connectivity index (χ0) is 21.8. The van der Waals surface area contributed by atoms with Gasteiger partial charge in [-0.25, -0.2) is 9.78 Å². The third-order valence-electron chi connectivity index (χ3n) is 4.83. The van der Waals surface area contributed by atoms with Crippen molar-refractivity contribution in [1.82, 2.24) is 4.98 Å². The molecule has 1 N–H and O–H groups in total. The lowest BCUT2D eigenvalue weighted by molar-refractivity contribution is -0.119. The molecule has 0 atom stereocenters. The second-order valence-electron chi connectivity index (χ2n) is 7.02. The molecule has 0 radical (unpaired) electrons. The van der Waals surface area contributed by atoms with E-state index in [1.807, 2.05) is 55.5 Å². The highest BCUT2D eigenvalue weighted by atomic mass is 35.5. The van der Waals surface area contributed by atoms with Gasteiger partial charge in [-0.1, -0.05) is 60.1 Å².